The first-order valence-electron chi connectivity index (χ1n) is 5.61. The number of pyridine rings is 1. The summed E-state index contributed by atoms with van der Waals surface area (Å²) in [6.07, 6.45) is 2.49. The molecule has 0 bridgehead atoms. The van der Waals surface area contributed by atoms with Gasteiger partial charge in [0.2, 0.25) is 0 Å². The Morgan fingerprint density at radius 2 is 2.33 bits per heavy atom. The molecule has 1 amide bonds. The maximum absolute atomic E-state index is 12.0. The fourth-order valence-corrected chi connectivity index (χ4v) is 2.06. The predicted molar refractivity (Wildman–Crippen MR) is 71.3 cm³/mol. The number of anilines is 1. The minimum atomic E-state index is -0.146. The van der Waals surface area contributed by atoms with Crippen molar-refractivity contribution in [2.75, 3.05) is 5.73 Å². The van der Waals surface area contributed by atoms with Gasteiger partial charge in [-0.15, -0.1) is 11.3 Å². The third kappa shape index (κ3) is 3.04. The maximum atomic E-state index is 12.0. The van der Waals surface area contributed by atoms with Gasteiger partial charge in [0.25, 0.3) is 5.91 Å². The van der Waals surface area contributed by atoms with Crippen LogP contribution in [0, 0.1) is 0 Å². The third-order valence-corrected chi connectivity index (χ3v) is 3.21. The number of carbonyl (C=O) groups is 1. The zero-order valence-electron chi connectivity index (χ0n) is 10.0. The normalized spacial score (nSPS) is 10.3. The lowest BCUT2D eigenvalue weighted by atomic mass is 10.2. The summed E-state index contributed by atoms with van der Waals surface area (Å²) in [6.45, 7) is 2.45. The molecule has 18 heavy (non-hydrogen) atoms. The van der Waals surface area contributed by atoms with E-state index in [-0.39, 0.29) is 5.91 Å². The Kier molecular flexibility index (Phi) is 3.88. The van der Waals surface area contributed by atoms with Gasteiger partial charge in [-0.2, -0.15) is 0 Å². The quantitative estimate of drug-likeness (QED) is 0.877. The summed E-state index contributed by atoms with van der Waals surface area (Å²) >= 11 is 1.51. The topological polar surface area (TPSA) is 80.9 Å². The molecule has 0 radical (unpaired) electrons. The molecule has 0 fully saturated rings. The van der Waals surface area contributed by atoms with Crippen molar-refractivity contribution in [1.29, 1.82) is 0 Å². The van der Waals surface area contributed by atoms with E-state index in [1.165, 1.54) is 11.3 Å². The Hall–Kier alpha value is -1.95. The molecule has 0 saturated heterocycles. The van der Waals surface area contributed by atoms with Gasteiger partial charge >= 0.3 is 0 Å². The van der Waals surface area contributed by atoms with Crippen molar-refractivity contribution in [1.82, 2.24) is 15.3 Å². The third-order valence-electron chi connectivity index (χ3n) is 2.43. The zero-order valence-corrected chi connectivity index (χ0v) is 10.8. The van der Waals surface area contributed by atoms with Crippen molar-refractivity contribution >= 4 is 23.1 Å². The molecule has 94 valence electrons. The lowest BCUT2D eigenvalue weighted by Crippen LogP contribution is -2.22. The number of hydrogen-bond donors (Lipinski definition) is 2. The number of thiazole rings is 1. The first-order valence-corrected chi connectivity index (χ1v) is 6.49. The molecule has 6 heteroatoms. The largest absolute Gasteiger partial charge is 0.384 e. The summed E-state index contributed by atoms with van der Waals surface area (Å²) < 4.78 is 0. The molecule has 0 aromatic carbocycles. The van der Waals surface area contributed by atoms with Crippen molar-refractivity contribution in [2.45, 2.75) is 19.9 Å². The van der Waals surface area contributed by atoms with Gasteiger partial charge in [-0.25, -0.2) is 4.98 Å². The monoisotopic (exact) mass is 262 g/mol. The van der Waals surface area contributed by atoms with Crippen LogP contribution in [0.1, 0.15) is 27.9 Å². The Bertz CT molecular complexity index is 539. The summed E-state index contributed by atoms with van der Waals surface area (Å²) in [7, 11) is 0. The molecule has 0 saturated carbocycles. The standard InChI is InChI=1S/C12H14N4OS/c1-2-9-3-8(4-11(13)16-9)12(17)15-6-10-5-14-7-18-10/h3-5,7H,2,6H2,1H3,(H2,13,16)(H,15,17). The zero-order chi connectivity index (χ0) is 13.0. The molecule has 0 unspecified atom stereocenters. The van der Waals surface area contributed by atoms with Crippen LogP contribution in [-0.2, 0) is 13.0 Å². The van der Waals surface area contributed by atoms with Crippen LogP contribution >= 0.6 is 11.3 Å². The number of carbonyl (C=O) groups excluding carboxylic acids is 1. The van der Waals surface area contributed by atoms with E-state index in [9.17, 15) is 4.79 Å². The van der Waals surface area contributed by atoms with E-state index in [1.807, 2.05) is 6.92 Å². The molecule has 0 aliphatic heterocycles. The first kappa shape index (κ1) is 12.5. The molecule has 2 aromatic heterocycles. The van der Waals surface area contributed by atoms with Crippen LogP contribution in [0.25, 0.3) is 0 Å². The minimum Gasteiger partial charge on any atom is -0.384 e. The SMILES string of the molecule is CCc1cc(C(=O)NCc2cncs2)cc(N)n1. The summed E-state index contributed by atoms with van der Waals surface area (Å²) in [6, 6.07) is 3.35. The Balaban J connectivity index is 2.06. The molecule has 2 heterocycles. The van der Waals surface area contributed by atoms with E-state index in [0.29, 0.717) is 17.9 Å². The second-order valence-electron chi connectivity index (χ2n) is 3.78. The number of aromatic nitrogens is 2. The smallest absolute Gasteiger partial charge is 0.251 e. The Morgan fingerprint density at radius 3 is 3.00 bits per heavy atom. The van der Waals surface area contributed by atoms with Crippen molar-refractivity contribution in [3.8, 4) is 0 Å². The van der Waals surface area contributed by atoms with Crippen LogP contribution in [0.2, 0.25) is 0 Å². The van der Waals surface area contributed by atoms with E-state index in [0.717, 1.165) is 17.0 Å². The van der Waals surface area contributed by atoms with Crippen molar-refractivity contribution < 1.29 is 4.79 Å². The van der Waals surface area contributed by atoms with Crippen LogP contribution in [0.3, 0.4) is 0 Å². The first-order chi connectivity index (χ1) is 8.69. The number of nitrogens with two attached hydrogens (primary N) is 1. The Morgan fingerprint density at radius 1 is 1.50 bits per heavy atom. The fourth-order valence-electron chi connectivity index (χ4n) is 1.52. The molecule has 0 aliphatic carbocycles. The van der Waals surface area contributed by atoms with Gasteiger partial charge in [-0.1, -0.05) is 6.92 Å². The lowest BCUT2D eigenvalue weighted by molar-refractivity contribution is 0.0951. The highest BCUT2D eigenvalue weighted by molar-refractivity contribution is 7.09. The van der Waals surface area contributed by atoms with E-state index in [1.54, 1.807) is 23.8 Å². The second kappa shape index (κ2) is 5.59. The van der Waals surface area contributed by atoms with Crippen LogP contribution in [0.4, 0.5) is 5.82 Å². The van der Waals surface area contributed by atoms with Gasteiger partial charge < -0.3 is 11.1 Å². The van der Waals surface area contributed by atoms with Crippen LogP contribution in [0.15, 0.2) is 23.8 Å². The average Bonchev–Trinajstić information content (AvgIpc) is 2.88. The second-order valence-corrected chi connectivity index (χ2v) is 4.75. The fraction of sp³-hybridized carbons (Fsp3) is 0.250. The van der Waals surface area contributed by atoms with Gasteiger partial charge in [0.15, 0.2) is 0 Å². The maximum Gasteiger partial charge on any atom is 0.251 e. The van der Waals surface area contributed by atoms with Gasteiger partial charge in [0.1, 0.15) is 5.82 Å². The summed E-state index contributed by atoms with van der Waals surface area (Å²) in [5.74, 6) is 0.226. The number of nitrogens with one attached hydrogen (secondary N) is 1. The number of rotatable bonds is 4. The summed E-state index contributed by atoms with van der Waals surface area (Å²) in [5, 5.41) is 2.83. The number of hydrogen-bond acceptors (Lipinski definition) is 5. The van der Waals surface area contributed by atoms with Gasteiger partial charge in [-0.05, 0) is 18.6 Å². The number of amides is 1. The van der Waals surface area contributed by atoms with E-state index >= 15 is 0 Å². The van der Waals surface area contributed by atoms with E-state index in [4.69, 9.17) is 5.73 Å². The summed E-state index contributed by atoms with van der Waals surface area (Å²) in [5.41, 5.74) is 8.76. The van der Waals surface area contributed by atoms with Gasteiger partial charge in [0, 0.05) is 22.3 Å². The lowest BCUT2D eigenvalue weighted by Gasteiger charge is -2.06. The highest BCUT2D eigenvalue weighted by Gasteiger charge is 2.08. The number of nitrogen functional groups attached to an aromatic ring is 1. The molecular formula is C12H14N4OS. The number of aryl methyl sites for hydroxylation is 1. The molecule has 2 rings (SSSR count). The predicted octanol–water partition coefficient (Wildman–Crippen LogP) is 1.61. The Labute approximate surface area is 109 Å². The van der Waals surface area contributed by atoms with Crippen molar-refractivity contribution in [2.24, 2.45) is 0 Å². The molecule has 3 N–H and O–H groups in total. The van der Waals surface area contributed by atoms with Gasteiger partial charge in [0.05, 0.1) is 12.1 Å². The van der Waals surface area contributed by atoms with Crippen LogP contribution in [0.5, 0.6) is 0 Å². The van der Waals surface area contributed by atoms with E-state index in [2.05, 4.69) is 15.3 Å². The van der Waals surface area contributed by atoms with Gasteiger partial charge in [-0.3, -0.25) is 9.78 Å². The summed E-state index contributed by atoms with van der Waals surface area (Å²) in [4.78, 5) is 21.1. The molecule has 0 atom stereocenters. The molecule has 0 aliphatic rings. The highest BCUT2D eigenvalue weighted by atomic mass is 32.1. The molecule has 2 aromatic rings. The number of nitrogens with zero attached hydrogens (tertiary/aromatic N) is 2. The molecular weight excluding hydrogens is 248 g/mol. The molecule has 5 nitrogen and oxygen atoms in total. The van der Waals surface area contributed by atoms with E-state index < -0.39 is 0 Å². The van der Waals surface area contributed by atoms with Crippen LogP contribution < -0.4 is 11.1 Å². The van der Waals surface area contributed by atoms with Crippen molar-refractivity contribution in [3.05, 3.63) is 40.0 Å². The molecule has 0 spiro atoms. The highest BCUT2D eigenvalue weighted by Crippen LogP contribution is 2.09. The van der Waals surface area contributed by atoms with Crippen LogP contribution in [-0.4, -0.2) is 15.9 Å². The average molecular weight is 262 g/mol. The van der Waals surface area contributed by atoms with Crippen molar-refractivity contribution in [3.63, 3.8) is 0 Å². The minimum absolute atomic E-state index is 0.146.